The van der Waals surface area contributed by atoms with Crippen molar-refractivity contribution in [2.45, 2.75) is 181 Å². The van der Waals surface area contributed by atoms with Gasteiger partial charge in [-0.25, -0.2) is 0 Å². The summed E-state index contributed by atoms with van der Waals surface area (Å²) < 4.78 is 0. The second-order valence-corrected chi connectivity index (χ2v) is 11.1. The molecule has 1 aliphatic heterocycles. The van der Waals surface area contributed by atoms with E-state index >= 15 is 0 Å². The second-order valence-electron chi connectivity index (χ2n) is 11.1. The van der Waals surface area contributed by atoms with Crippen molar-refractivity contribution in [1.82, 2.24) is 9.80 Å². The first-order chi connectivity index (χ1) is 16.8. The van der Waals surface area contributed by atoms with Crippen molar-refractivity contribution in [2.75, 3.05) is 13.1 Å². The fraction of sp³-hybridized carbons (Fsp3) is 0.938. The molecule has 1 rings (SSSR count). The molecule has 34 heavy (non-hydrogen) atoms. The van der Waals surface area contributed by atoms with E-state index in [0.717, 1.165) is 0 Å². The summed E-state index contributed by atoms with van der Waals surface area (Å²) in [5.41, 5.74) is 0. The van der Waals surface area contributed by atoms with Crippen LogP contribution in [0, 0.1) is 0 Å². The fourth-order valence-corrected chi connectivity index (χ4v) is 5.48. The Morgan fingerprint density at radius 3 is 1.03 bits per heavy atom. The maximum atomic E-state index is 2.65. The Labute approximate surface area is 216 Å². The number of rotatable bonds is 26. The standard InChI is InChI=1S/C32H64N2/c1-4-7-10-11-12-13-14-15-16-17-18-19-20-21-22-23-24-27-32-33(28-25-8-5-2)30-31-34(32)29-26-9-6-3/h30-32H,4-29H2,1-3H3. The summed E-state index contributed by atoms with van der Waals surface area (Å²) in [4.78, 5) is 5.29. The minimum absolute atomic E-state index is 0.644. The molecule has 0 radical (unpaired) electrons. The molecule has 0 aromatic rings. The fourth-order valence-electron chi connectivity index (χ4n) is 5.48. The van der Waals surface area contributed by atoms with Gasteiger partial charge in [-0.2, -0.15) is 0 Å². The third-order valence-corrected chi connectivity index (χ3v) is 7.82. The molecule has 0 fully saturated rings. The maximum Gasteiger partial charge on any atom is 0.101 e. The Morgan fingerprint density at radius 2 is 0.676 bits per heavy atom. The molecule has 202 valence electrons. The Hall–Kier alpha value is -0.660. The van der Waals surface area contributed by atoms with Crippen LogP contribution >= 0.6 is 0 Å². The second kappa shape index (κ2) is 24.1. The molecule has 0 bridgehead atoms. The van der Waals surface area contributed by atoms with Crippen LogP contribution in [0.2, 0.25) is 0 Å². The Morgan fingerprint density at radius 1 is 0.382 bits per heavy atom. The lowest BCUT2D eigenvalue weighted by Gasteiger charge is -2.33. The molecule has 0 spiro atoms. The van der Waals surface area contributed by atoms with E-state index < -0.39 is 0 Å². The lowest BCUT2D eigenvalue weighted by Crippen LogP contribution is -2.39. The zero-order valence-corrected chi connectivity index (χ0v) is 24.0. The molecule has 2 heteroatoms. The van der Waals surface area contributed by atoms with Crippen LogP contribution in [0.5, 0.6) is 0 Å². The molecule has 0 aromatic heterocycles. The quantitative estimate of drug-likeness (QED) is 0.114. The minimum atomic E-state index is 0.644. The predicted octanol–water partition coefficient (Wildman–Crippen LogP) is 10.8. The van der Waals surface area contributed by atoms with Gasteiger partial charge >= 0.3 is 0 Å². The summed E-state index contributed by atoms with van der Waals surface area (Å²) in [6.45, 7) is 9.42. The molecule has 1 aliphatic rings. The topological polar surface area (TPSA) is 6.48 Å². The summed E-state index contributed by atoms with van der Waals surface area (Å²) in [6.07, 6.45) is 39.6. The number of nitrogens with zero attached hydrogens (tertiary/aromatic N) is 2. The molecule has 0 N–H and O–H groups in total. The van der Waals surface area contributed by atoms with Gasteiger partial charge in [-0.15, -0.1) is 0 Å². The Bertz CT molecular complexity index is 413. The molecule has 0 saturated carbocycles. The van der Waals surface area contributed by atoms with Gasteiger partial charge in [0.2, 0.25) is 0 Å². The van der Waals surface area contributed by atoms with Crippen molar-refractivity contribution >= 4 is 0 Å². The van der Waals surface area contributed by atoms with Crippen LogP contribution in [0.3, 0.4) is 0 Å². The van der Waals surface area contributed by atoms with E-state index in [0.29, 0.717) is 6.17 Å². The van der Waals surface area contributed by atoms with Crippen molar-refractivity contribution in [3.05, 3.63) is 12.4 Å². The molecule has 0 atom stereocenters. The molecule has 0 unspecified atom stereocenters. The first-order valence-corrected chi connectivity index (χ1v) is 16.0. The SMILES string of the molecule is CCCCCCCCCCCCCCCCCCCC1N(CCCCC)C=CN1CCCCC. The number of unbranched alkanes of at least 4 members (excludes halogenated alkanes) is 20. The van der Waals surface area contributed by atoms with Gasteiger partial charge in [0.05, 0.1) is 0 Å². The minimum Gasteiger partial charge on any atom is -0.356 e. The van der Waals surface area contributed by atoms with Gasteiger partial charge in [-0.05, 0) is 25.7 Å². The van der Waals surface area contributed by atoms with Gasteiger partial charge in [0, 0.05) is 25.5 Å². The smallest absolute Gasteiger partial charge is 0.101 e. The number of hydrogen-bond acceptors (Lipinski definition) is 2. The molecule has 0 saturated heterocycles. The highest BCUT2D eigenvalue weighted by Gasteiger charge is 2.24. The van der Waals surface area contributed by atoms with Crippen LogP contribution in [0.1, 0.15) is 175 Å². The zero-order valence-electron chi connectivity index (χ0n) is 24.0. The normalized spacial score (nSPS) is 14.1. The van der Waals surface area contributed by atoms with E-state index in [4.69, 9.17) is 0 Å². The first-order valence-electron chi connectivity index (χ1n) is 16.0. The summed E-state index contributed by atoms with van der Waals surface area (Å²) in [5, 5.41) is 0. The zero-order chi connectivity index (χ0) is 24.5. The molecule has 0 aliphatic carbocycles. The van der Waals surface area contributed by atoms with Gasteiger partial charge in [-0.3, -0.25) is 0 Å². The van der Waals surface area contributed by atoms with E-state index in [2.05, 4.69) is 43.0 Å². The van der Waals surface area contributed by atoms with Crippen LogP contribution in [0.15, 0.2) is 12.4 Å². The van der Waals surface area contributed by atoms with Crippen LogP contribution in [0.4, 0.5) is 0 Å². The monoisotopic (exact) mass is 477 g/mol. The van der Waals surface area contributed by atoms with Crippen molar-refractivity contribution in [2.24, 2.45) is 0 Å². The average Bonchev–Trinajstić information content (AvgIpc) is 3.23. The predicted molar refractivity (Wildman–Crippen MR) is 154 cm³/mol. The van der Waals surface area contributed by atoms with Crippen molar-refractivity contribution in [1.29, 1.82) is 0 Å². The van der Waals surface area contributed by atoms with E-state index in [-0.39, 0.29) is 0 Å². The summed E-state index contributed by atoms with van der Waals surface area (Å²) in [6, 6.07) is 0. The molecular weight excluding hydrogens is 412 g/mol. The summed E-state index contributed by atoms with van der Waals surface area (Å²) >= 11 is 0. The molecule has 1 heterocycles. The summed E-state index contributed by atoms with van der Waals surface area (Å²) in [7, 11) is 0. The van der Waals surface area contributed by atoms with Crippen LogP contribution in [-0.2, 0) is 0 Å². The van der Waals surface area contributed by atoms with E-state index in [1.54, 1.807) is 0 Å². The lowest BCUT2D eigenvalue weighted by atomic mass is 10.0. The van der Waals surface area contributed by atoms with Gasteiger partial charge in [-0.1, -0.05) is 149 Å². The third-order valence-electron chi connectivity index (χ3n) is 7.82. The Balaban J connectivity index is 1.98. The van der Waals surface area contributed by atoms with Crippen molar-refractivity contribution in [3.63, 3.8) is 0 Å². The highest BCUT2D eigenvalue weighted by Crippen LogP contribution is 2.23. The third kappa shape index (κ3) is 16.9. The van der Waals surface area contributed by atoms with Gasteiger partial charge < -0.3 is 9.80 Å². The van der Waals surface area contributed by atoms with E-state index in [9.17, 15) is 0 Å². The van der Waals surface area contributed by atoms with Crippen LogP contribution in [0.25, 0.3) is 0 Å². The average molecular weight is 477 g/mol. The van der Waals surface area contributed by atoms with E-state index in [1.165, 1.54) is 167 Å². The van der Waals surface area contributed by atoms with Gasteiger partial charge in [0.25, 0.3) is 0 Å². The van der Waals surface area contributed by atoms with Crippen molar-refractivity contribution < 1.29 is 0 Å². The lowest BCUT2D eigenvalue weighted by molar-refractivity contribution is 0.136. The highest BCUT2D eigenvalue weighted by atomic mass is 15.4. The van der Waals surface area contributed by atoms with Crippen LogP contribution in [-0.4, -0.2) is 29.1 Å². The van der Waals surface area contributed by atoms with Crippen LogP contribution < -0.4 is 0 Å². The molecule has 0 amide bonds. The molecule has 2 nitrogen and oxygen atoms in total. The first kappa shape index (κ1) is 31.4. The van der Waals surface area contributed by atoms with Gasteiger partial charge in [0.15, 0.2) is 0 Å². The molecular formula is C32H64N2. The Kier molecular flexibility index (Phi) is 22.2. The molecule has 0 aromatic carbocycles. The van der Waals surface area contributed by atoms with Crippen molar-refractivity contribution in [3.8, 4) is 0 Å². The highest BCUT2D eigenvalue weighted by molar-refractivity contribution is 4.96. The maximum absolute atomic E-state index is 2.65. The summed E-state index contributed by atoms with van der Waals surface area (Å²) in [5.74, 6) is 0. The number of hydrogen-bond donors (Lipinski definition) is 0. The van der Waals surface area contributed by atoms with E-state index in [1.807, 2.05) is 0 Å². The van der Waals surface area contributed by atoms with Gasteiger partial charge in [0.1, 0.15) is 6.17 Å². The largest absolute Gasteiger partial charge is 0.356 e.